The third kappa shape index (κ3) is 5.71. The Labute approximate surface area is 143 Å². The number of nitrogens with zero attached hydrogens (tertiary/aromatic N) is 3. The maximum absolute atomic E-state index is 13.1. The molecule has 25 heavy (non-hydrogen) atoms. The van der Waals surface area contributed by atoms with Gasteiger partial charge in [0.15, 0.2) is 12.4 Å². The van der Waals surface area contributed by atoms with Gasteiger partial charge in [0.05, 0.1) is 0 Å². The molecule has 0 saturated carbocycles. The Balaban J connectivity index is 0.000000251. The first-order valence-corrected chi connectivity index (χ1v) is 7.48. The van der Waals surface area contributed by atoms with Crippen molar-refractivity contribution in [3.8, 4) is 6.07 Å². The minimum atomic E-state index is -2.87. The van der Waals surface area contributed by atoms with Gasteiger partial charge in [0, 0.05) is 42.3 Å². The highest BCUT2D eigenvalue weighted by Gasteiger charge is 2.29. The molecule has 2 aromatic heterocycles. The van der Waals surface area contributed by atoms with E-state index in [-0.39, 0.29) is 29.7 Å². The first-order chi connectivity index (χ1) is 11.7. The molecule has 0 N–H and O–H groups in total. The lowest BCUT2D eigenvalue weighted by Crippen LogP contribution is -2.25. The number of hydrogen-bond donors (Lipinski definition) is 0. The zero-order valence-electron chi connectivity index (χ0n) is 13.7. The van der Waals surface area contributed by atoms with Gasteiger partial charge in [-0.1, -0.05) is 13.8 Å². The van der Waals surface area contributed by atoms with Gasteiger partial charge >= 0.3 is 0 Å². The summed E-state index contributed by atoms with van der Waals surface area (Å²) in [6.45, 7) is 2.80. The fourth-order valence-corrected chi connectivity index (χ4v) is 1.78. The van der Waals surface area contributed by atoms with Gasteiger partial charge in [0.2, 0.25) is 0 Å². The zero-order valence-corrected chi connectivity index (χ0v) is 13.7. The molecule has 0 aliphatic heterocycles. The van der Waals surface area contributed by atoms with Crippen molar-refractivity contribution in [2.75, 3.05) is 0 Å². The fourth-order valence-electron chi connectivity index (χ4n) is 1.78. The van der Waals surface area contributed by atoms with Crippen molar-refractivity contribution in [1.29, 1.82) is 5.26 Å². The zero-order chi connectivity index (χ0) is 19.1. The van der Waals surface area contributed by atoms with Crippen LogP contribution in [-0.4, -0.2) is 4.98 Å². The Kier molecular flexibility index (Phi) is 6.86. The molecule has 0 radical (unpaired) electrons. The lowest BCUT2D eigenvalue weighted by Gasteiger charge is -2.13. The van der Waals surface area contributed by atoms with E-state index in [2.05, 4.69) is 4.98 Å². The molecule has 0 saturated heterocycles. The Hall–Kier alpha value is -2.69. The van der Waals surface area contributed by atoms with Crippen LogP contribution in [0.5, 0.6) is 0 Å². The highest BCUT2D eigenvalue weighted by Crippen LogP contribution is 2.31. The molecule has 0 fully saturated rings. The number of hydrogen-bond acceptors (Lipinski definition) is 3. The van der Waals surface area contributed by atoms with Crippen LogP contribution in [0.15, 0.2) is 42.9 Å². The van der Waals surface area contributed by atoms with Crippen molar-refractivity contribution in [1.82, 2.24) is 4.98 Å². The molecule has 0 atom stereocenters. The standard InChI is InChI=1S/C9H8F2N2.C8H9F2NO/c1-2-9(10,11)7-3-4-13-8(5-7)6-12;1-2-8(9,10)7-3-5-11(12)6-4-7/h3-5H,2H2,1H3;3-6H,2H2,1H3. The molecule has 0 spiro atoms. The minimum absolute atomic E-state index is 0.0191. The van der Waals surface area contributed by atoms with E-state index in [0.717, 1.165) is 30.6 Å². The first-order valence-electron chi connectivity index (χ1n) is 7.48. The van der Waals surface area contributed by atoms with Gasteiger partial charge in [0.25, 0.3) is 11.8 Å². The highest BCUT2D eigenvalue weighted by molar-refractivity contribution is 5.28. The number of alkyl halides is 4. The van der Waals surface area contributed by atoms with E-state index in [9.17, 15) is 22.8 Å². The largest absolute Gasteiger partial charge is 0.619 e. The van der Waals surface area contributed by atoms with E-state index in [1.165, 1.54) is 26.1 Å². The maximum Gasteiger partial charge on any atom is 0.273 e. The number of halogens is 4. The number of rotatable bonds is 4. The van der Waals surface area contributed by atoms with Crippen molar-refractivity contribution in [2.45, 2.75) is 38.5 Å². The van der Waals surface area contributed by atoms with Crippen LogP contribution in [-0.2, 0) is 11.8 Å². The molecule has 8 heteroatoms. The normalized spacial score (nSPS) is 11.2. The SMILES string of the molecule is CCC(F)(F)c1cc[n+]([O-])cc1.CCC(F)(F)c1ccnc(C#N)c1. The van der Waals surface area contributed by atoms with E-state index in [0.29, 0.717) is 4.73 Å². The van der Waals surface area contributed by atoms with Crippen molar-refractivity contribution in [3.05, 3.63) is 64.9 Å². The van der Waals surface area contributed by atoms with Crippen LogP contribution >= 0.6 is 0 Å². The topological polar surface area (TPSA) is 63.6 Å². The van der Waals surface area contributed by atoms with Crippen LogP contribution in [0.4, 0.5) is 17.6 Å². The summed E-state index contributed by atoms with van der Waals surface area (Å²) in [4.78, 5) is 3.61. The second-order valence-corrected chi connectivity index (χ2v) is 5.10. The van der Waals surface area contributed by atoms with Gasteiger partial charge < -0.3 is 5.21 Å². The van der Waals surface area contributed by atoms with E-state index < -0.39 is 11.8 Å². The number of aromatic nitrogens is 2. The molecule has 2 rings (SSSR count). The van der Waals surface area contributed by atoms with Crippen LogP contribution < -0.4 is 4.73 Å². The summed E-state index contributed by atoms with van der Waals surface area (Å²) in [5.41, 5.74) is -0.246. The molecule has 0 aromatic carbocycles. The number of nitriles is 1. The average Bonchev–Trinajstić information content (AvgIpc) is 2.62. The molecular formula is C17H17F4N3O. The van der Waals surface area contributed by atoms with Crippen molar-refractivity contribution < 1.29 is 22.3 Å². The van der Waals surface area contributed by atoms with E-state index >= 15 is 0 Å². The quantitative estimate of drug-likeness (QED) is 0.467. The summed E-state index contributed by atoms with van der Waals surface area (Å²) in [5, 5.41) is 19.0. The van der Waals surface area contributed by atoms with Crippen molar-refractivity contribution >= 4 is 0 Å². The molecule has 0 aliphatic carbocycles. The molecule has 0 bridgehead atoms. The summed E-state index contributed by atoms with van der Waals surface area (Å²) in [5.74, 6) is -5.69. The van der Waals surface area contributed by atoms with E-state index in [1.807, 2.05) is 0 Å². The lowest BCUT2D eigenvalue weighted by atomic mass is 10.1. The van der Waals surface area contributed by atoms with Gasteiger partial charge in [-0.05, 0) is 12.1 Å². The summed E-state index contributed by atoms with van der Waals surface area (Å²) >= 11 is 0. The molecule has 2 aromatic rings. The second-order valence-electron chi connectivity index (χ2n) is 5.10. The van der Waals surface area contributed by atoms with Gasteiger partial charge in [-0.25, -0.2) is 22.5 Å². The number of pyridine rings is 2. The predicted octanol–water partition coefficient (Wildman–Crippen LogP) is 4.28. The third-order valence-corrected chi connectivity index (χ3v) is 3.41. The van der Waals surface area contributed by atoms with Crippen LogP contribution in [0.3, 0.4) is 0 Å². The molecule has 0 unspecified atom stereocenters. The molecule has 0 aliphatic rings. The lowest BCUT2D eigenvalue weighted by molar-refractivity contribution is -0.605. The van der Waals surface area contributed by atoms with Gasteiger partial charge in [0.1, 0.15) is 11.8 Å². The van der Waals surface area contributed by atoms with Crippen molar-refractivity contribution in [3.63, 3.8) is 0 Å². The van der Waals surface area contributed by atoms with Crippen LogP contribution in [0.1, 0.15) is 43.5 Å². The monoisotopic (exact) mass is 355 g/mol. The Bertz CT molecular complexity index is 727. The highest BCUT2D eigenvalue weighted by atomic mass is 19.3. The van der Waals surface area contributed by atoms with E-state index in [1.54, 1.807) is 6.07 Å². The molecule has 4 nitrogen and oxygen atoms in total. The minimum Gasteiger partial charge on any atom is -0.619 e. The predicted molar refractivity (Wildman–Crippen MR) is 82.7 cm³/mol. The summed E-state index contributed by atoms with van der Waals surface area (Å²) < 4.78 is 52.4. The summed E-state index contributed by atoms with van der Waals surface area (Å²) in [6.07, 6.45) is 2.83. The maximum atomic E-state index is 13.1. The van der Waals surface area contributed by atoms with E-state index in [4.69, 9.17) is 5.26 Å². The van der Waals surface area contributed by atoms with Crippen LogP contribution in [0, 0.1) is 16.5 Å². The van der Waals surface area contributed by atoms with Gasteiger partial charge in [-0.15, -0.1) is 0 Å². The Morgan fingerprint density at radius 1 is 1.04 bits per heavy atom. The third-order valence-electron chi connectivity index (χ3n) is 3.41. The Morgan fingerprint density at radius 2 is 1.56 bits per heavy atom. The molecular weight excluding hydrogens is 338 g/mol. The second kappa shape index (κ2) is 8.42. The van der Waals surface area contributed by atoms with Crippen LogP contribution in [0.25, 0.3) is 0 Å². The first kappa shape index (κ1) is 20.4. The average molecular weight is 355 g/mol. The Morgan fingerprint density at radius 3 is 2.04 bits per heavy atom. The molecule has 0 amide bonds. The smallest absolute Gasteiger partial charge is 0.273 e. The summed E-state index contributed by atoms with van der Waals surface area (Å²) in [6, 6.07) is 6.33. The van der Waals surface area contributed by atoms with Gasteiger partial charge in [-0.2, -0.15) is 9.99 Å². The summed E-state index contributed by atoms with van der Waals surface area (Å²) in [7, 11) is 0. The van der Waals surface area contributed by atoms with Crippen LogP contribution in [0.2, 0.25) is 0 Å². The van der Waals surface area contributed by atoms with Gasteiger partial charge in [-0.3, -0.25) is 0 Å². The fraction of sp³-hybridized carbons (Fsp3) is 0.353. The molecule has 134 valence electrons. The molecule has 2 heterocycles. The van der Waals surface area contributed by atoms with Crippen molar-refractivity contribution in [2.24, 2.45) is 0 Å².